The van der Waals surface area contributed by atoms with Crippen LogP contribution >= 0.6 is 11.6 Å². The van der Waals surface area contributed by atoms with Crippen molar-refractivity contribution < 1.29 is 4.79 Å². The fourth-order valence-corrected chi connectivity index (χ4v) is 3.96. The fraction of sp³-hybridized carbons (Fsp3) is 0.611. The largest absolute Gasteiger partial charge is 0.342 e. The molecule has 0 radical (unpaired) electrons. The minimum absolute atomic E-state index is 0.113. The highest BCUT2D eigenvalue weighted by molar-refractivity contribution is 6.30. The summed E-state index contributed by atoms with van der Waals surface area (Å²) in [4.78, 5) is 16.8. The van der Waals surface area contributed by atoms with E-state index in [0.29, 0.717) is 11.3 Å². The van der Waals surface area contributed by atoms with Crippen molar-refractivity contribution >= 4 is 17.5 Å². The molecule has 1 amide bonds. The average molecular weight is 321 g/mol. The van der Waals surface area contributed by atoms with Crippen LogP contribution in [0.3, 0.4) is 0 Å². The Morgan fingerprint density at radius 3 is 2.55 bits per heavy atom. The van der Waals surface area contributed by atoms with Crippen molar-refractivity contribution in [2.75, 3.05) is 26.2 Å². The van der Waals surface area contributed by atoms with Crippen LogP contribution in [0.2, 0.25) is 5.02 Å². The fourth-order valence-electron chi connectivity index (χ4n) is 3.83. The molecule has 2 aliphatic rings. The molecule has 2 fully saturated rings. The van der Waals surface area contributed by atoms with Crippen molar-refractivity contribution in [2.24, 2.45) is 11.3 Å². The molecule has 0 aromatic heterocycles. The molecule has 1 atom stereocenters. The van der Waals surface area contributed by atoms with Gasteiger partial charge in [0.15, 0.2) is 0 Å². The van der Waals surface area contributed by atoms with Gasteiger partial charge in [-0.3, -0.25) is 9.69 Å². The van der Waals surface area contributed by atoms with Gasteiger partial charge in [0.25, 0.3) is 0 Å². The lowest BCUT2D eigenvalue weighted by Gasteiger charge is -2.25. The summed E-state index contributed by atoms with van der Waals surface area (Å²) < 4.78 is 0. The number of hydrogen-bond donors (Lipinski definition) is 0. The predicted molar refractivity (Wildman–Crippen MR) is 89.8 cm³/mol. The van der Waals surface area contributed by atoms with Gasteiger partial charge in [-0.25, -0.2) is 0 Å². The average Bonchev–Trinajstić information content (AvgIpc) is 3.08. The maximum Gasteiger partial charge on any atom is 0.225 e. The highest BCUT2D eigenvalue weighted by Gasteiger charge is 2.44. The Kier molecular flexibility index (Phi) is 4.47. The highest BCUT2D eigenvalue weighted by atomic mass is 35.5. The van der Waals surface area contributed by atoms with Gasteiger partial charge in [-0.2, -0.15) is 0 Å². The number of carbonyl (C=O) groups is 1. The first kappa shape index (κ1) is 15.8. The van der Waals surface area contributed by atoms with Gasteiger partial charge in [-0.05, 0) is 37.1 Å². The molecule has 0 bridgehead atoms. The van der Waals surface area contributed by atoms with Gasteiger partial charge in [0, 0.05) is 42.5 Å². The number of benzene rings is 1. The summed E-state index contributed by atoms with van der Waals surface area (Å²) in [5.74, 6) is 0.426. The molecule has 22 heavy (non-hydrogen) atoms. The molecule has 3 rings (SSSR count). The van der Waals surface area contributed by atoms with E-state index in [2.05, 4.69) is 21.9 Å². The molecule has 1 spiro atoms. The van der Waals surface area contributed by atoms with E-state index in [-0.39, 0.29) is 5.92 Å². The molecule has 1 unspecified atom stereocenters. The maximum atomic E-state index is 12.2. The molecule has 2 aliphatic heterocycles. The molecule has 1 aromatic carbocycles. The van der Waals surface area contributed by atoms with Gasteiger partial charge in [-0.1, -0.05) is 37.6 Å². The van der Waals surface area contributed by atoms with Crippen LogP contribution in [0.25, 0.3) is 0 Å². The van der Waals surface area contributed by atoms with Crippen molar-refractivity contribution in [2.45, 2.75) is 33.2 Å². The zero-order chi connectivity index (χ0) is 15.7. The predicted octanol–water partition coefficient (Wildman–Crippen LogP) is 3.42. The SMILES string of the molecule is CC(C)C(=O)N1CCC2(CCN(Cc3ccc(Cl)cc3)C2)C1. The lowest BCUT2D eigenvalue weighted by molar-refractivity contribution is -0.133. The molecule has 120 valence electrons. The van der Waals surface area contributed by atoms with Crippen LogP contribution in [-0.4, -0.2) is 41.9 Å². The third-order valence-corrected chi connectivity index (χ3v) is 5.33. The Morgan fingerprint density at radius 2 is 1.86 bits per heavy atom. The van der Waals surface area contributed by atoms with Crippen molar-refractivity contribution in [1.29, 1.82) is 0 Å². The van der Waals surface area contributed by atoms with Gasteiger partial charge in [0.1, 0.15) is 0 Å². The molecule has 3 nitrogen and oxygen atoms in total. The van der Waals surface area contributed by atoms with Gasteiger partial charge in [0.05, 0.1) is 0 Å². The summed E-state index contributed by atoms with van der Waals surface area (Å²) in [6.45, 7) is 9.09. The minimum Gasteiger partial charge on any atom is -0.342 e. The van der Waals surface area contributed by atoms with Crippen LogP contribution in [0, 0.1) is 11.3 Å². The van der Waals surface area contributed by atoms with Crippen molar-refractivity contribution in [3.05, 3.63) is 34.9 Å². The minimum atomic E-state index is 0.113. The van der Waals surface area contributed by atoms with E-state index in [1.54, 1.807) is 0 Å². The third kappa shape index (κ3) is 3.31. The quantitative estimate of drug-likeness (QED) is 0.852. The molecule has 0 N–H and O–H groups in total. The summed E-state index contributed by atoms with van der Waals surface area (Å²) in [5, 5.41) is 0.792. The monoisotopic (exact) mass is 320 g/mol. The van der Waals surface area contributed by atoms with Gasteiger partial charge >= 0.3 is 0 Å². The highest BCUT2D eigenvalue weighted by Crippen LogP contribution is 2.40. The molecule has 0 saturated carbocycles. The molecule has 0 aliphatic carbocycles. The Balaban J connectivity index is 1.58. The first-order valence-electron chi connectivity index (χ1n) is 8.23. The number of rotatable bonds is 3. The molecule has 1 aromatic rings. The van der Waals surface area contributed by atoms with Crippen LogP contribution < -0.4 is 0 Å². The molecule has 4 heteroatoms. The van der Waals surface area contributed by atoms with Gasteiger partial charge < -0.3 is 4.90 Å². The summed E-state index contributed by atoms with van der Waals surface area (Å²) >= 11 is 5.95. The van der Waals surface area contributed by atoms with Crippen molar-refractivity contribution in [3.63, 3.8) is 0 Å². The smallest absolute Gasteiger partial charge is 0.225 e. The molecular formula is C18H25ClN2O. The number of likely N-dealkylation sites (tertiary alicyclic amines) is 2. The molecule has 2 heterocycles. The van der Waals surface area contributed by atoms with Crippen molar-refractivity contribution in [1.82, 2.24) is 9.80 Å². The van der Waals surface area contributed by atoms with E-state index >= 15 is 0 Å². The number of carbonyl (C=O) groups excluding carboxylic acids is 1. The zero-order valence-corrected chi connectivity index (χ0v) is 14.3. The summed E-state index contributed by atoms with van der Waals surface area (Å²) in [6, 6.07) is 8.13. The Hall–Kier alpha value is -1.06. The Morgan fingerprint density at radius 1 is 1.18 bits per heavy atom. The number of halogens is 1. The van der Waals surface area contributed by atoms with Crippen LogP contribution in [0.1, 0.15) is 32.3 Å². The first-order chi connectivity index (χ1) is 10.5. The van der Waals surface area contributed by atoms with Crippen LogP contribution in [0.15, 0.2) is 24.3 Å². The van der Waals surface area contributed by atoms with E-state index in [1.165, 1.54) is 12.0 Å². The third-order valence-electron chi connectivity index (χ3n) is 5.08. The topological polar surface area (TPSA) is 23.6 Å². The van der Waals surface area contributed by atoms with Crippen LogP contribution in [0.4, 0.5) is 0 Å². The Bertz CT molecular complexity index is 543. The normalized spacial score (nSPS) is 25.5. The number of nitrogens with zero attached hydrogens (tertiary/aromatic N) is 2. The summed E-state index contributed by atoms with van der Waals surface area (Å²) in [7, 11) is 0. The van der Waals surface area contributed by atoms with Crippen LogP contribution in [-0.2, 0) is 11.3 Å². The first-order valence-corrected chi connectivity index (χ1v) is 8.61. The number of amides is 1. The second-order valence-electron chi connectivity index (χ2n) is 7.25. The van der Waals surface area contributed by atoms with E-state index in [4.69, 9.17) is 11.6 Å². The van der Waals surface area contributed by atoms with E-state index in [1.807, 2.05) is 26.0 Å². The van der Waals surface area contributed by atoms with E-state index < -0.39 is 0 Å². The molecule has 2 saturated heterocycles. The second-order valence-corrected chi connectivity index (χ2v) is 7.69. The molecular weight excluding hydrogens is 296 g/mol. The standard InChI is InChI=1S/C18H25ClN2O/c1-14(2)17(22)21-10-8-18(13-21)7-9-20(12-18)11-15-3-5-16(19)6-4-15/h3-6,14H,7-13H2,1-2H3. The lowest BCUT2D eigenvalue weighted by atomic mass is 9.86. The van der Waals surface area contributed by atoms with E-state index in [0.717, 1.165) is 44.2 Å². The lowest BCUT2D eigenvalue weighted by Crippen LogP contribution is -2.36. The van der Waals surface area contributed by atoms with Gasteiger partial charge in [0.2, 0.25) is 5.91 Å². The summed E-state index contributed by atoms with van der Waals surface area (Å²) in [5.41, 5.74) is 1.64. The van der Waals surface area contributed by atoms with Gasteiger partial charge in [-0.15, -0.1) is 0 Å². The second kappa shape index (κ2) is 6.21. The zero-order valence-electron chi connectivity index (χ0n) is 13.5. The Labute approximate surface area is 138 Å². The van der Waals surface area contributed by atoms with Crippen molar-refractivity contribution in [3.8, 4) is 0 Å². The van der Waals surface area contributed by atoms with E-state index in [9.17, 15) is 4.79 Å². The van der Waals surface area contributed by atoms with Crippen LogP contribution in [0.5, 0.6) is 0 Å². The maximum absolute atomic E-state index is 12.2. The number of hydrogen-bond acceptors (Lipinski definition) is 2. The summed E-state index contributed by atoms with van der Waals surface area (Å²) in [6.07, 6.45) is 2.37.